The van der Waals surface area contributed by atoms with Crippen molar-refractivity contribution < 1.29 is 96.8 Å². The molecule has 0 aliphatic carbocycles. The van der Waals surface area contributed by atoms with E-state index >= 15 is 35.1 Å². The zero-order valence-electron chi connectivity index (χ0n) is 31.5. The van der Waals surface area contributed by atoms with Crippen LogP contribution in [0.1, 0.15) is 12.5 Å². The van der Waals surface area contributed by atoms with Crippen LogP contribution in [0.25, 0.3) is 0 Å². The SMILES string of the molecule is CCOc1ccc(C[S+](C)(=O)c2ccccc2)cc1.Fc1c(F)c(F)c([B-](c2c(F)c(F)c(F)c(F)c2F)(c2c(F)c(F)c(F)c(F)c2F)c2c(F)c(F)c(F)c(F)c2F)c(F)c1F. The molecule has 0 aliphatic heterocycles. The van der Waals surface area contributed by atoms with Crippen molar-refractivity contribution in [3.8, 4) is 5.75 Å². The third-order valence-electron chi connectivity index (χ3n) is 9.63. The Balaban J connectivity index is 0.000000337. The standard InChI is InChI=1S/C24BF20.C16H19O2S/c26-5-1(6(27)14(35)21(42)13(5)34)25(2-7(28)15(36)22(43)16(37)8(2)29,3-9(30)17(38)23(44)18(39)10(3)31)4-11(32)19(40)24(45)20(41)12(4)33;1-3-18-15-11-9-14(10-12-15)13-19(2,17)16-7-5-4-6-8-16/h;4-12H,3,13H2,1-2H3/q-1;+1. The maximum atomic E-state index is 15.4. The Morgan fingerprint density at radius 2 is 0.641 bits per heavy atom. The molecule has 0 saturated heterocycles. The summed E-state index contributed by atoms with van der Waals surface area (Å²) in [7, 11) is -2.03. The van der Waals surface area contributed by atoms with Crippen molar-refractivity contribution in [2.24, 2.45) is 0 Å². The smallest absolute Gasteiger partial charge is 0.200 e. The van der Waals surface area contributed by atoms with E-state index in [2.05, 4.69) is 0 Å². The first-order valence-electron chi connectivity index (χ1n) is 17.3. The third-order valence-corrected chi connectivity index (χ3v) is 11.8. The minimum atomic E-state index is -7.22. The molecule has 0 aromatic heterocycles. The van der Waals surface area contributed by atoms with Gasteiger partial charge in [-0.2, -0.15) is 0 Å². The normalized spacial score (nSPS) is 12.5. The van der Waals surface area contributed by atoms with Gasteiger partial charge in [0.25, 0.3) is 0 Å². The molecule has 64 heavy (non-hydrogen) atoms. The minimum Gasteiger partial charge on any atom is -0.494 e. The van der Waals surface area contributed by atoms with Crippen molar-refractivity contribution in [3.63, 3.8) is 0 Å². The molecule has 340 valence electrons. The second-order valence-corrected chi connectivity index (χ2v) is 16.1. The first kappa shape index (κ1) is 49.0. The van der Waals surface area contributed by atoms with Crippen LogP contribution in [0, 0.1) is 116 Å². The summed E-state index contributed by atoms with van der Waals surface area (Å²) in [5, 5.41) is 0. The Morgan fingerprint density at radius 1 is 0.391 bits per heavy atom. The average molecular weight is 954 g/mol. The van der Waals surface area contributed by atoms with Gasteiger partial charge in [-0.3, -0.25) is 0 Å². The highest BCUT2D eigenvalue weighted by Gasteiger charge is 2.52. The van der Waals surface area contributed by atoms with Gasteiger partial charge in [-0.1, -0.05) is 34.5 Å². The molecule has 6 rings (SSSR count). The Kier molecular flexibility index (Phi) is 13.9. The second kappa shape index (κ2) is 18.2. The largest absolute Gasteiger partial charge is 0.494 e. The summed E-state index contributed by atoms with van der Waals surface area (Å²) < 4.78 is 312. The highest BCUT2D eigenvalue weighted by atomic mass is 32.2. The van der Waals surface area contributed by atoms with Crippen LogP contribution in [0.15, 0.2) is 59.5 Å². The number of rotatable bonds is 9. The van der Waals surface area contributed by atoms with Crippen molar-refractivity contribution in [2.75, 3.05) is 12.9 Å². The monoisotopic (exact) mass is 954 g/mol. The summed E-state index contributed by atoms with van der Waals surface area (Å²) >= 11 is 0. The molecule has 0 amide bonds. The lowest BCUT2D eigenvalue weighted by molar-refractivity contribution is 0.340. The van der Waals surface area contributed by atoms with E-state index in [0.717, 1.165) is 16.2 Å². The third kappa shape index (κ3) is 7.93. The number of ether oxygens (including phenoxy) is 1. The van der Waals surface area contributed by atoms with Crippen molar-refractivity contribution in [2.45, 2.75) is 17.6 Å². The van der Waals surface area contributed by atoms with Crippen LogP contribution in [0.3, 0.4) is 0 Å². The van der Waals surface area contributed by atoms with Gasteiger partial charge in [-0.15, -0.1) is 21.9 Å². The first-order valence-corrected chi connectivity index (χ1v) is 19.4. The van der Waals surface area contributed by atoms with Gasteiger partial charge in [0.1, 0.15) is 80.4 Å². The van der Waals surface area contributed by atoms with Crippen LogP contribution in [0.5, 0.6) is 5.75 Å². The highest BCUT2D eigenvalue weighted by molar-refractivity contribution is 8.01. The zero-order chi connectivity index (χ0) is 48.1. The summed E-state index contributed by atoms with van der Waals surface area (Å²) in [6.45, 7) is 2.62. The summed E-state index contributed by atoms with van der Waals surface area (Å²) in [5.74, 6) is -70.0. The highest BCUT2D eigenvalue weighted by Crippen LogP contribution is 2.31. The van der Waals surface area contributed by atoms with Gasteiger partial charge < -0.3 is 4.74 Å². The van der Waals surface area contributed by atoms with Crippen molar-refractivity contribution in [3.05, 3.63) is 177 Å². The molecule has 6 aromatic carbocycles. The van der Waals surface area contributed by atoms with Gasteiger partial charge in [0.15, 0.2) is 74.7 Å². The van der Waals surface area contributed by atoms with Crippen LogP contribution >= 0.6 is 0 Å². The van der Waals surface area contributed by atoms with Crippen molar-refractivity contribution >= 4 is 37.9 Å². The molecule has 0 spiro atoms. The van der Waals surface area contributed by atoms with Crippen molar-refractivity contribution in [1.82, 2.24) is 0 Å². The van der Waals surface area contributed by atoms with E-state index in [9.17, 15) is 56.9 Å². The molecule has 0 heterocycles. The summed E-state index contributed by atoms with van der Waals surface area (Å²) in [5.41, 5.74) is -13.3. The molecule has 24 heteroatoms. The van der Waals surface area contributed by atoms with Gasteiger partial charge in [0, 0.05) is 5.56 Å². The fourth-order valence-electron chi connectivity index (χ4n) is 6.83. The van der Waals surface area contributed by atoms with E-state index in [1.807, 2.05) is 67.8 Å². The van der Waals surface area contributed by atoms with Gasteiger partial charge in [0.05, 0.1) is 6.61 Å². The molecule has 0 N–H and O–H groups in total. The molecular formula is C40H19BF20O2S. The zero-order valence-corrected chi connectivity index (χ0v) is 32.3. The predicted octanol–water partition coefficient (Wildman–Crippen LogP) is 9.62. The lowest BCUT2D eigenvalue weighted by Crippen LogP contribution is -2.81. The van der Waals surface area contributed by atoms with E-state index in [4.69, 9.17) is 4.74 Å². The van der Waals surface area contributed by atoms with Crippen LogP contribution in [-0.2, 0) is 19.9 Å². The average Bonchev–Trinajstić information content (AvgIpc) is 3.27. The number of benzene rings is 6. The molecule has 6 aromatic rings. The van der Waals surface area contributed by atoms with Crippen LogP contribution < -0.4 is 26.6 Å². The van der Waals surface area contributed by atoms with Gasteiger partial charge in [-0.05, 0) is 31.2 Å². The van der Waals surface area contributed by atoms with E-state index < -0.39 is 154 Å². The molecule has 1 atom stereocenters. The van der Waals surface area contributed by atoms with E-state index in [-0.39, 0.29) is 0 Å². The quantitative estimate of drug-likeness (QED) is 0.0475. The maximum Gasteiger partial charge on any atom is 0.200 e. The topological polar surface area (TPSA) is 26.3 Å². The molecule has 2 nitrogen and oxygen atoms in total. The Hall–Kier alpha value is -6.07. The predicted molar refractivity (Wildman–Crippen MR) is 189 cm³/mol. The van der Waals surface area contributed by atoms with E-state index in [1.54, 1.807) is 0 Å². The van der Waals surface area contributed by atoms with Crippen molar-refractivity contribution in [1.29, 1.82) is 0 Å². The van der Waals surface area contributed by atoms with Crippen LogP contribution in [0.2, 0.25) is 0 Å². The number of hydrogen-bond acceptors (Lipinski definition) is 2. The second-order valence-electron chi connectivity index (χ2n) is 13.3. The summed E-state index contributed by atoms with van der Waals surface area (Å²) in [6, 6.07) is 17.5. The van der Waals surface area contributed by atoms with Crippen LogP contribution in [-0.4, -0.2) is 19.0 Å². The fourth-order valence-corrected chi connectivity index (χ4v) is 8.56. The lowest BCUT2D eigenvalue weighted by Gasteiger charge is -2.44. The van der Waals surface area contributed by atoms with Gasteiger partial charge in [0.2, 0.25) is 0 Å². The van der Waals surface area contributed by atoms with E-state index in [1.165, 1.54) is 0 Å². The molecule has 0 fully saturated rings. The molecule has 1 unspecified atom stereocenters. The number of hydrogen-bond donors (Lipinski definition) is 0. The fraction of sp³-hybridized carbons (Fsp3) is 0.100. The molecule has 0 bridgehead atoms. The van der Waals surface area contributed by atoms with Gasteiger partial charge >= 0.3 is 0 Å². The van der Waals surface area contributed by atoms with Crippen LogP contribution in [0.4, 0.5) is 87.8 Å². The summed E-state index contributed by atoms with van der Waals surface area (Å²) in [6.07, 6.45) is -5.40. The number of halogens is 20. The molecular weight excluding hydrogens is 935 g/mol. The summed E-state index contributed by atoms with van der Waals surface area (Å²) in [4.78, 5) is 0.906. The minimum absolute atomic E-state index is 0.559. The molecule has 0 radical (unpaired) electrons. The maximum absolute atomic E-state index is 15.4. The Morgan fingerprint density at radius 3 is 0.891 bits per heavy atom. The molecule has 0 saturated carbocycles. The van der Waals surface area contributed by atoms with E-state index in [0.29, 0.717) is 12.4 Å². The molecule has 0 aliphatic rings. The Labute approximate surface area is 347 Å². The Bertz CT molecular complexity index is 2480. The lowest BCUT2D eigenvalue weighted by atomic mass is 9.12. The first-order chi connectivity index (χ1) is 29.8. The van der Waals surface area contributed by atoms with Gasteiger partial charge in [-0.25, -0.2) is 87.8 Å².